The predicted molar refractivity (Wildman–Crippen MR) is 92.8 cm³/mol. The Labute approximate surface area is 144 Å². The fourth-order valence-corrected chi connectivity index (χ4v) is 5.14. The van der Waals surface area contributed by atoms with Crippen LogP contribution in [0.15, 0.2) is 11.0 Å². The molecule has 0 aromatic heterocycles. The number of sulfonamides is 1. The first-order valence-corrected chi connectivity index (χ1v) is 9.60. The third-order valence-corrected chi connectivity index (χ3v) is 7.04. The van der Waals surface area contributed by atoms with Crippen molar-refractivity contribution in [2.24, 2.45) is 0 Å². The van der Waals surface area contributed by atoms with E-state index in [4.69, 9.17) is 5.11 Å². The lowest BCUT2D eigenvalue weighted by atomic mass is 10.0. The molecule has 1 heterocycles. The quantitative estimate of drug-likeness (QED) is 0.871. The summed E-state index contributed by atoms with van der Waals surface area (Å²) < 4.78 is 27.8. The van der Waals surface area contributed by atoms with Crippen molar-refractivity contribution >= 4 is 16.0 Å². The number of aliphatic carboxylic acids is 1. The molecule has 1 saturated heterocycles. The Bertz CT molecular complexity index is 709. The van der Waals surface area contributed by atoms with E-state index in [1.54, 1.807) is 0 Å². The Morgan fingerprint density at radius 3 is 2.00 bits per heavy atom. The summed E-state index contributed by atoms with van der Waals surface area (Å²) in [5.41, 5.74) is 3.59. The van der Waals surface area contributed by atoms with Crippen LogP contribution in [-0.4, -0.2) is 61.4 Å². The molecule has 0 saturated carbocycles. The fourth-order valence-electron chi connectivity index (χ4n) is 3.14. The predicted octanol–water partition coefficient (Wildman–Crippen LogP) is 1.70. The van der Waals surface area contributed by atoms with Gasteiger partial charge in [-0.15, -0.1) is 0 Å². The van der Waals surface area contributed by atoms with E-state index in [1.165, 1.54) is 4.31 Å². The summed E-state index contributed by atoms with van der Waals surface area (Å²) in [6.45, 7) is 9.97. The molecule has 2 rings (SSSR count). The number of nitrogens with zero attached hydrogens (tertiary/aromatic N) is 2. The van der Waals surface area contributed by atoms with E-state index in [2.05, 4.69) is 0 Å². The molecule has 0 unspecified atom stereocenters. The van der Waals surface area contributed by atoms with Crippen LogP contribution in [-0.2, 0) is 14.8 Å². The summed E-state index contributed by atoms with van der Waals surface area (Å²) in [5.74, 6) is -0.827. The molecule has 1 aliphatic heterocycles. The van der Waals surface area contributed by atoms with Crippen LogP contribution in [0.5, 0.6) is 0 Å². The van der Waals surface area contributed by atoms with Crippen LogP contribution in [0.4, 0.5) is 0 Å². The van der Waals surface area contributed by atoms with Crippen LogP contribution >= 0.6 is 0 Å². The van der Waals surface area contributed by atoms with E-state index in [-0.39, 0.29) is 6.42 Å². The number of carboxylic acids is 1. The van der Waals surface area contributed by atoms with Gasteiger partial charge in [-0.25, -0.2) is 8.42 Å². The number of piperazine rings is 1. The molecule has 1 aromatic carbocycles. The normalized spacial score (nSPS) is 17.2. The Balaban J connectivity index is 2.20. The summed E-state index contributed by atoms with van der Waals surface area (Å²) in [7, 11) is -3.53. The molecule has 0 spiro atoms. The van der Waals surface area contributed by atoms with Crippen LogP contribution in [0, 0.1) is 27.7 Å². The second-order valence-corrected chi connectivity index (χ2v) is 8.35. The number of carbonyl (C=O) groups is 1. The molecule has 6 nitrogen and oxygen atoms in total. The summed E-state index contributed by atoms with van der Waals surface area (Å²) in [5, 5.41) is 8.75. The van der Waals surface area contributed by atoms with Crippen LogP contribution in [0.1, 0.15) is 28.7 Å². The number of hydrogen-bond donors (Lipinski definition) is 1. The van der Waals surface area contributed by atoms with Gasteiger partial charge in [-0.05, 0) is 49.9 Å². The highest BCUT2D eigenvalue weighted by atomic mass is 32.2. The molecule has 7 heteroatoms. The fraction of sp³-hybridized carbons (Fsp3) is 0.588. The summed E-state index contributed by atoms with van der Waals surface area (Å²) >= 11 is 0. The number of rotatable bonds is 5. The average Bonchev–Trinajstić information content (AvgIpc) is 2.51. The maximum absolute atomic E-state index is 13.1. The molecule has 24 heavy (non-hydrogen) atoms. The summed E-state index contributed by atoms with van der Waals surface area (Å²) in [6.07, 6.45) is 0.0854. The van der Waals surface area contributed by atoms with Crippen molar-refractivity contribution in [3.05, 3.63) is 28.3 Å². The Morgan fingerprint density at radius 2 is 1.54 bits per heavy atom. The monoisotopic (exact) mass is 354 g/mol. The maximum atomic E-state index is 13.1. The lowest BCUT2D eigenvalue weighted by Gasteiger charge is -2.34. The highest BCUT2D eigenvalue weighted by Crippen LogP contribution is 2.29. The molecule has 1 aromatic rings. The maximum Gasteiger partial charge on any atom is 0.304 e. The van der Waals surface area contributed by atoms with Gasteiger partial charge in [-0.1, -0.05) is 6.07 Å². The third-order valence-electron chi connectivity index (χ3n) is 4.87. The first-order valence-electron chi connectivity index (χ1n) is 8.16. The Kier molecular flexibility index (Phi) is 5.67. The van der Waals surface area contributed by atoms with Crippen LogP contribution < -0.4 is 0 Å². The van der Waals surface area contributed by atoms with Crippen molar-refractivity contribution in [3.8, 4) is 0 Å². The van der Waals surface area contributed by atoms with Gasteiger partial charge in [0.2, 0.25) is 10.0 Å². The molecule has 1 N–H and O–H groups in total. The van der Waals surface area contributed by atoms with E-state index < -0.39 is 16.0 Å². The van der Waals surface area contributed by atoms with Gasteiger partial charge < -0.3 is 10.0 Å². The Hall–Kier alpha value is -1.44. The second kappa shape index (κ2) is 7.21. The smallest absolute Gasteiger partial charge is 0.304 e. The number of benzene rings is 1. The van der Waals surface area contributed by atoms with E-state index >= 15 is 0 Å². The largest absolute Gasteiger partial charge is 0.481 e. The SMILES string of the molecule is Cc1cc(C)c(C)c(S(=O)(=O)N2CCN(CCC(=O)O)CC2)c1C. The van der Waals surface area contributed by atoms with E-state index in [9.17, 15) is 13.2 Å². The standard InChI is InChI=1S/C17H26N2O4S/c1-12-11-13(2)15(4)17(14(12)3)24(22,23)19-9-7-18(8-10-19)6-5-16(20)21/h11H,5-10H2,1-4H3,(H,20,21). The molecular weight excluding hydrogens is 328 g/mol. The molecule has 0 radical (unpaired) electrons. The molecule has 1 fully saturated rings. The Morgan fingerprint density at radius 1 is 1.04 bits per heavy atom. The second-order valence-electron chi connectivity index (χ2n) is 6.48. The topological polar surface area (TPSA) is 77.9 Å². The van der Waals surface area contributed by atoms with Gasteiger partial charge in [0.1, 0.15) is 0 Å². The van der Waals surface area contributed by atoms with Gasteiger partial charge in [0, 0.05) is 32.7 Å². The zero-order chi connectivity index (χ0) is 18.1. The van der Waals surface area contributed by atoms with Gasteiger partial charge in [-0.3, -0.25) is 4.79 Å². The van der Waals surface area contributed by atoms with Crippen LogP contribution in [0.25, 0.3) is 0 Å². The van der Waals surface area contributed by atoms with E-state index in [0.717, 1.165) is 22.3 Å². The molecular formula is C17H26N2O4S. The zero-order valence-corrected chi connectivity index (χ0v) is 15.6. The summed E-state index contributed by atoms with van der Waals surface area (Å²) in [4.78, 5) is 13.1. The van der Waals surface area contributed by atoms with Crippen molar-refractivity contribution in [1.29, 1.82) is 0 Å². The van der Waals surface area contributed by atoms with Gasteiger partial charge >= 0.3 is 5.97 Å². The first-order chi connectivity index (χ1) is 11.1. The number of hydrogen-bond acceptors (Lipinski definition) is 4. The molecule has 0 bridgehead atoms. The average molecular weight is 354 g/mol. The van der Waals surface area contributed by atoms with Crippen LogP contribution in [0.2, 0.25) is 0 Å². The molecule has 0 amide bonds. The minimum Gasteiger partial charge on any atom is -0.481 e. The van der Waals surface area contributed by atoms with E-state index in [0.29, 0.717) is 37.6 Å². The molecule has 134 valence electrons. The molecule has 0 aliphatic carbocycles. The van der Waals surface area contributed by atoms with Gasteiger partial charge in [0.05, 0.1) is 11.3 Å². The van der Waals surface area contributed by atoms with Crippen molar-refractivity contribution in [2.75, 3.05) is 32.7 Å². The highest BCUT2D eigenvalue weighted by Gasteiger charge is 2.31. The lowest BCUT2D eigenvalue weighted by Crippen LogP contribution is -2.49. The highest BCUT2D eigenvalue weighted by molar-refractivity contribution is 7.89. The number of carboxylic acid groups (broad SMARTS) is 1. The third kappa shape index (κ3) is 3.79. The minimum atomic E-state index is -3.53. The van der Waals surface area contributed by atoms with Crippen molar-refractivity contribution in [1.82, 2.24) is 9.21 Å². The van der Waals surface area contributed by atoms with Crippen molar-refractivity contribution in [2.45, 2.75) is 39.0 Å². The lowest BCUT2D eigenvalue weighted by molar-refractivity contribution is -0.137. The zero-order valence-electron chi connectivity index (χ0n) is 14.8. The van der Waals surface area contributed by atoms with Gasteiger partial charge in [0.25, 0.3) is 0 Å². The number of aryl methyl sites for hydroxylation is 2. The van der Waals surface area contributed by atoms with Crippen LogP contribution in [0.3, 0.4) is 0 Å². The van der Waals surface area contributed by atoms with Gasteiger partial charge in [-0.2, -0.15) is 4.31 Å². The van der Waals surface area contributed by atoms with Gasteiger partial charge in [0.15, 0.2) is 0 Å². The van der Waals surface area contributed by atoms with Crippen molar-refractivity contribution < 1.29 is 18.3 Å². The molecule has 1 aliphatic rings. The summed E-state index contributed by atoms with van der Waals surface area (Å²) in [6, 6.07) is 2.02. The minimum absolute atomic E-state index is 0.0854. The van der Waals surface area contributed by atoms with Crippen molar-refractivity contribution in [3.63, 3.8) is 0 Å². The molecule has 0 atom stereocenters. The first kappa shape index (κ1) is 18.9. The van der Waals surface area contributed by atoms with E-state index in [1.807, 2.05) is 38.7 Å².